The highest BCUT2D eigenvalue weighted by Crippen LogP contribution is 2.36. The molecule has 0 bridgehead atoms. The summed E-state index contributed by atoms with van der Waals surface area (Å²) in [7, 11) is 5.95. The molecule has 5 nitrogen and oxygen atoms in total. The highest BCUT2D eigenvalue weighted by atomic mass is 32.1. The van der Waals surface area contributed by atoms with Gasteiger partial charge in [0, 0.05) is 33.4 Å². The van der Waals surface area contributed by atoms with Crippen molar-refractivity contribution in [1.82, 2.24) is 14.8 Å². The van der Waals surface area contributed by atoms with Crippen molar-refractivity contribution in [2.75, 3.05) is 39.1 Å². The molecule has 1 aliphatic heterocycles. The van der Waals surface area contributed by atoms with Gasteiger partial charge in [-0.25, -0.2) is 4.98 Å². The summed E-state index contributed by atoms with van der Waals surface area (Å²) in [5.74, 6) is 0.162. The molecule has 1 saturated heterocycles. The number of likely N-dealkylation sites (N-methyl/N-ethyl adjacent to an activating group) is 1. The van der Waals surface area contributed by atoms with Gasteiger partial charge in [0.15, 0.2) is 0 Å². The van der Waals surface area contributed by atoms with E-state index >= 15 is 0 Å². The van der Waals surface area contributed by atoms with Crippen LogP contribution in [0.2, 0.25) is 0 Å². The van der Waals surface area contributed by atoms with Crippen LogP contribution in [0.5, 0.6) is 0 Å². The van der Waals surface area contributed by atoms with E-state index in [-0.39, 0.29) is 11.9 Å². The van der Waals surface area contributed by atoms with Crippen molar-refractivity contribution < 1.29 is 4.79 Å². The molecule has 1 atom stereocenters. The zero-order valence-corrected chi connectivity index (χ0v) is 18.2. The second-order valence-electron chi connectivity index (χ2n) is 7.96. The number of thiazole rings is 1. The number of para-hydroxylation sites is 1. The Bertz CT molecular complexity index is 949. The van der Waals surface area contributed by atoms with Gasteiger partial charge in [0.2, 0.25) is 5.91 Å². The van der Waals surface area contributed by atoms with Crippen molar-refractivity contribution >= 4 is 33.1 Å². The van der Waals surface area contributed by atoms with Gasteiger partial charge in [0.25, 0.3) is 0 Å². The fourth-order valence-corrected chi connectivity index (χ4v) is 5.02. The van der Waals surface area contributed by atoms with E-state index in [9.17, 15) is 4.79 Å². The van der Waals surface area contributed by atoms with Crippen LogP contribution in [0, 0.1) is 0 Å². The highest BCUT2D eigenvalue weighted by molar-refractivity contribution is 7.18. The Morgan fingerprint density at radius 2 is 1.90 bits per heavy atom. The third-order valence-corrected chi connectivity index (χ3v) is 6.73. The Kier molecular flexibility index (Phi) is 5.83. The predicted molar refractivity (Wildman–Crippen MR) is 120 cm³/mol. The Morgan fingerprint density at radius 1 is 1.14 bits per heavy atom. The van der Waals surface area contributed by atoms with Crippen molar-refractivity contribution in [3.63, 3.8) is 0 Å². The van der Waals surface area contributed by atoms with Gasteiger partial charge >= 0.3 is 0 Å². The second kappa shape index (κ2) is 8.51. The molecule has 1 amide bonds. The molecule has 6 heteroatoms. The van der Waals surface area contributed by atoms with E-state index in [0.29, 0.717) is 13.1 Å². The van der Waals surface area contributed by atoms with E-state index < -0.39 is 0 Å². The van der Waals surface area contributed by atoms with E-state index in [1.54, 1.807) is 11.3 Å². The van der Waals surface area contributed by atoms with Gasteiger partial charge in [-0.1, -0.05) is 24.3 Å². The number of rotatable bonds is 6. The Morgan fingerprint density at radius 3 is 2.62 bits per heavy atom. The lowest BCUT2D eigenvalue weighted by molar-refractivity contribution is -0.131. The van der Waals surface area contributed by atoms with Crippen LogP contribution >= 0.6 is 11.3 Å². The van der Waals surface area contributed by atoms with Crippen LogP contribution in [0.4, 0.5) is 5.69 Å². The maximum absolute atomic E-state index is 12.9. The van der Waals surface area contributed by atoms with Gasteiger partial charge in [-0.3, -0.25) is 9.69 Å². The summed E-state index contributed by atoms with van der Waals surface area (Å²) < 4.78 is 1.22. The smallest absolute Gasteiger partial charge is 0.236 e. The van der Waals surface area contributed by atoms with Crippen molar-refractivity contribution in [2.45, 2.75) is 25.4 Å². The molecule has 3 aromatic rings. The van der Waals surface area contributed by atoms with Crippen LogP contribution < -0.4 is 4.90 Å². The van der Waals surface area contributed by atoms with Crippen LogP contribution in [-0.2, 0) is 11.3 Å². The summed E-state index contributed by atoms with van der Waals surface area (Å²) in [6.07, 6.45) is 2.19. The Balaban J connectivity index is 1.40. The van der Waals surface area contributed by atoms with Crippen molar-refractivity contribution in [2.24, 2.45) is 0 Å². The summed E-state index contributed by atoms with van der Waals surface area (Å²) >= 11 is 1.76. The summed E-state index contributed by atoms with van der Waals surface area (Å²) in [4.78, 5) is 23.9. The molecule has 2 heterocycles. The minimum atomic E-state index is 0.162. The van der Waals surface area contributed by atoms with Gasteiger partial charge < -0.3 is 9.80 Å². The van der Waals surface area contributed by atoms with Gasteiger partial charge in [-0.15, -0.1) is 11.3 Å². The molecule has 0 aliphatic carbocycles. The monoisotopic (exact) mass is 408 g/mol. The molecule has 152 valence electrons. The molecule has 1 aliphatic rings. The minimum absolute atomic E-state index is 0.162. The van der Waals surface area contributed by atoms with Crippen molar-refractivity contribution in [3.8, 4) is 0 Å². The second-order valence-corrected chi connectivity index (χ2v) is 9.02. The molecular weight excluding hydrogens is 380 g/mol. The number of nitrogens with zero attached hydrogens (tertiary/aromatic N) is 4. The summed E-state index contributed by atoms with van der Waals surface area (Å²) in [6.45, 7) is 2.04. The maximum atomic E-state index is 12.9. The van der Waals surface area contributed by atoms with E-state index in [4.69, 9.17) is 4.98 Å². The molecule has 29 heavy (non-hydrogen) atoms. The fraction of sp³-hybridized carbons (Fsp3) is 0.391. The number of fused-ring (bicyclic) bond motifs is 1. The van der Waals surface area contributed by atoms with E-state index in [1.807, 2.05) is 32.1 Å². The Labute approximate surface area is 176 Å². The largest absolute Gasteiger partial charge is 0.378 e. The standard InChI is InChI=1S/C23H28N4OS/c1-25(2)18-12-10-17(11-13-18)15-26(3)22(28)16-27-14-6-8-20(27)23-24-19-7-4-5-9-21(19)29-23/h4-5,7,9-13,20H,6,8,14-16H2,1-3H3/t20-/m0/s1. The normalized spacial score (nSPS) is 17.0. The first-order valence-corrected chi connectivity index (χ1v) is 10.9. The zero-order chi connectivity index (χ0) is 20.4. The topological polar surface area (TPSA) is 39.7 Å². The van der Waals surface area contributed by atoms with E-state index in [2.05, 4.69) is 52.3 Å². The molecule has 0 radical (unpaired) electrons. The number of carbonyl (C=O) groups excluding carboxylic acids is 1. The molecule has 0 saturated carbocycles. The molecular formula is C23H28N4OS. The lowest BCUT2D eigenvalue weighted by Crippen LogP contribution is -2.37. The average molecular weight is 409 g/mol. The summed E-state index contributed by atoms with van der Waals surface area (Å²) in [5, 5.41) is 1.14. The zero-order valence-electron chi connectivity index (χ0n) is 17.3. The SMILES string of the molecule is CN(Cc1ccc(N(C)C)cc1)C(=O)CN1CCC[C@H]1c1nc2ccccc2s1. The third-order valence-electron chi connectivity index (χ3n) is 5.60. The fourth-order valence-electron chi connectivity index (χ4n) is 3.88. The van der Waals surface area contributed by atoms with Crippen LogP contribution in [0.1, 0.15) is 29.5 Å². The number of hydrogen-bond acceptors (Lipinski definition) is 5. The number of anilines is 1. The first-order chi connectivity index (χ1) is 14.0. The molecule has 2 aromatic carbocycles. The number of likely N-dealkylation sites (tertiary alicyclic amines) is 1. The quantitative estimate of drug-likeness (QED) is 0.614. The van der Waals surface area contributed by atoms with Gasteiger partial charge in [0.05, 0.1) is 22.8 Å². The average Bonchev–Trinajstić information content (AvgIpc) is 3.34. The number of hydrogen-bond donors (Lipinski definition) is 0. The Hall–Kier alpha value is -2.44. The summed E-state index contributed by atoms with van der Waals surface area (Å²) in [6, 6.07) is 16.9. The van der Waals surface area contributed by atoms with Crippen LogP contribution in [-0.4, -0.2) is 54.9 Å². The van der Waals surface area contributed by atoms with Gasteiger partial charge in [0.1, 0.15) is 5.01 Å². The van der Waals surface area contributed by atoms with E-state index in [0.717, 1.165) is 35.5 Å². The first kappa shape index (κ1) is 19.9. The molecule has 1 fully saturated rings. The van der Waals surface area contributed by atoms with Crippen LogP contribution in [0.15, 0.2) is 48.5 Å². The molecule has 4 rings (SSSR count). The van der Waals surface area contributed by atoms with Crippen LogP contribution in [0.25, 0.3) is 10.2 Å². The number of carbonyl (C=O) groups is 1. The maximum Gasteiger partial charge on any atom is 0.236 e. The molecule has 0 N–H and O–H groups in total. The third kappa shape index (κ3) is 4.43. The number of aromatic nitrogens is 1. The van der Waals surface area contributed by atoms with Gasteiger partial charge in [-0.05, 0) is 49.2 Å². The molecule has 0 spiro atoms. The van der Waals surface area contributed by atoms with Gasteiger partial charge in [-0.2, -0.15) is 0 Å². The predicted octanol–water partition coefficient (Wildman–Crippen LogP) is 4.16. The van der Waals surface area contributed by atoms with E-state index in [1.165, 1.54) is 10.4 Å². The minimum Gasteiger partial charge on any atom is -0.378 e. The first-order valence-electron chi connectivity index (χ1n) is 10.1. The highest BCUT2D eigenvalue weighted by Gasteiger charge is 2.30. The lowest BCUT2D eigenvalue weighted by atomic mass is 10.2. The number of amides is 1. The number of benzene rings is 2. The molecule has 1 aromatic heterocycles. The lowest BCUT2D eigenvalue weighted by Gasteiger charge is -2.25. The summed E-state index contributed by atoms with van der Waals surface area (Å²) in [5.41, 5.74) is 3.37. The van der Waals surface area contributed by atoms with Crippen molar-refractivity contribution in [3.05, 3.63) is 59.1 Å². The van der Waals surface area contributed by atoms with Crippen molar-refractivity contribution in [1.29, 1.82) is 0 Å². The molecule has 0 unspecified atom stereocenters. The van der Waals surface area contributed by atoms with Crippen LogP contribution in [0.3, 0.4) is 0 Å².